The van der Waals surface area contributed by atoms with Gasteiger partial charge in [0.25, 0.3) is 0 Å². The molecule has 0 spiro atoms. The fraction of sp³-hybridized carbons (Fsp3) is 0.0435. The Hall–Kier alpha value is -3.56. The number of hydrogen-bond acceptors (Lipinski definition) is 3. The third kappa shape index (κ3) is 5.28. The number of nitrogens with zero attached hydrogens (tertiary/aromatic N) is 1. The molecule has 0 aliphatic carbocycles. The molecular formula is C23H13ClF3NO2. The van der Waals surface area contributed by atoms with Crippen molar-refractivity contribution >= 4 is 29.2 Å². The number of benzene rings is 3. The van der Waals surface area contributed by atoms with Gasteiger partial charge >= 0.3 is 12.1 Å². The number of ether oxygens (including phenoxy) is 1. The first-order valence-electron chi connectivity index (χ1n) is 8.63. The molecule has 0 aliphatic rings. The Bertz CT molecular complexity index is 1130. The van der Waals surface area contributed by atoms with Gasteiger partial charge in [-0.2, -0.15) is 18.4 Å². The molecule has 0 bridgehead atoms. The van der Waals surface area contributed by atoms with Crippen molar-refractivity contribution in [3.63, 3.8) is 0 Å². The van der Waals surface area contributed by atoms with Crippen LogP contribution >= 0.6 is 11.6 Å². The van der Waals surface area contributed by atoms with E-state index in [4.69, 9.17) is 16.3 Å². The standard InChI is InChI=1S/C23H13ClF3NO2/c24-20-3-1-2-17(13-20)18(14-28)12-15-4-10-21(11-5-15)30-22(29)16-6-8-19(9-7-16)23(25,26)27/h1-13H/b18-12-. The molecule has 30 heavy (non-hydrogen) atoms. The van der Waals surface area contributed by atoms with E-state index < -0.39 is 17.7 Å². The van der Waals surface area contributed by atoms with Gasteiger partial charge in [-0.05, 0) is 65.7 Å². The minimum atomic E-state index is -4.47. The van der Waals surface area contributed by atoms with Crippen LogP contribution in [0.15, 0.2) is 72.8 Å². The number of hydrogen-bond donors (Lipinski definition) is 0. The molecule has 0 atom stereocenters. The summed E-state index contributed by atoms with van der Waals surface area (Å²) in [5.74, 6) is -0.554. The Kier molecular flexibility index (Phi) is 6.24. The van der Waals surface area contributed by atoms with Crippen molar-refractivity contribution in [1.82, 2.24) is 0 Å². The fourth-order valence-corrected chi connectivity index (χ4v) is 2.79. The number of carbonyl (C=O) groups excluding carboxylic acids is 1. The highest BCUT2D eigenvalue weighted by atomic mass is 35.5. The maximum atomic E-state index is 12.6. The molecule has 150 valence electrons. The number of alkyl halides is 3. The van der Waals surface area contributed by atoms with Crippen LogP contribution in [0.1, 0.15) is 27.0 Å². The van der Waals surface area contributed by atoms with E-state index in [1.54, 1.807) is 42.5 Å². The summed E-state index contributed by atoms with van der Waals surface area (Å²) in [6.45, 7) is 0. The zero-order valence-corrected chi connectivity index (χ0v) is 16.0. The van der Waals surface area contributed by atoms with Crippen LogP contribution in [-0.4, -0.2) is 5.97 Å². The highest BCUT2D eigenvalue weighted by Crippen LogP contribution is 2.29. The second-order valence-corrected chi connectivity index (χ2v) is 6.65. The highest BCUT2D eigenvalue weighted by Gasteiger charge is 2.30. The van der Waals surface area contributed by atoms with Gasteiger partial charge < -0.3 is 4.74 Å². The topological polar surface area (TPSA) is 50.1 Å². The van der Waals surface area contributed by atoms with E-state index in [1.165, 1.54) is 12.1 Å². The SMILES string of the molecule is N#C/C(=C/c1ccc(OC(=O)c2ccc(C(F)(F)F)cc2)cc1)c1cccc(Cl)c1. The Morgan fingerprint density at radius 2 is 1.63 bits per heavy atom. The molecule has 3 aromatic carbocycles. The normalized spacial score (nSPS) is 11.6. The molecule has 0 saturated carbocycles. The molecule has 0 aromatic heterocycles. The molecule has 0 unspecified atom stereocenters. The molecule has 3 aromatic rings. The summed E-state index contributed by atoms with van der Waals surface area (Å²) < 4.78 is 43.0. The van der Waals surface area contributed by atoms with Gasteiger partial charge in [0.05, 0.1) is 22.8 Å². The number of rotatable bonds is 4. The summed E-state index contributed by atoms with van der Waals surface area (Å²) in [6, 6.07) is 19.1. The van der Waals surface area contributed by atoms with Crippen LogP contribution in [0.4, 0.5) is 13.2 Å². The van der Waals surface area contributed by atoms with E-state index in [0.717, 1.165) is 24.3 Å². The number of nitriles is 1. The first kappa shape index (κ1) is 21.2. The van der Waals surface area contributed by atoms with Gasteiger partial charge in [-0.1, -0.05) is 35.9 Å². The average molecular weight is 428 g/mol. The summed E-state index contributed by atoms with van der Waals surface area (Å²) >= 11 is 5.96. The predicted octanol–water partition coefficient (Wildman–Crippen LogP) is 6.64. The number of carbonyl (C=O) groups is 1. The molecule has 0 fully saturated rings. The van der Waals surface area contributed by atoms with Crippen molar-refractivity contribution in [2.24, 2.45) is 0 Å². The fourth-order valence-electron chi connectivity index (χ4n) is 2.60. The highest BCUT2D eigenvalue weighted by molar-refractivity contribution is 6.30. The van der Waals surface area contributed by atoms with Crippen molar-refractivity contribution in [2.45, 2.75) is 6.18 Å². The Morgan fingerprint density at radius 1 is 0.967 bits per heavy atom. The average Bonchev–Trinajstić information content (AvgIpc) is 2.72. The monoisotopic (exact) mass is 427 g/mol. The van der Waals surface area contributed by atoms with Crippen molar-refractivity contribution < 1.29 is 22.7 Å². The predicted molar refractivity (Wildman–Crippen MR) is 108 cm³/mol. The zero-order chi connectivity index (χ0) is 21.7. The summed E-state index contributed by atoms with van der Waals surface area (Å²) in [5.41, 5.74) is 0.929. The lowest BCUT2D eigenvalue weighted by atomic mass is 10.0. The smallest absolute Gasteiger partial charge is 0.416 e. The largest absolute Gasteiger partial charge is 0.423 e. The lowest BCUT2D eigenvalue weighted by molar-refractivity contribution is -0.137. The van der Waals surface area contributed by atoms with Crippen molar-refractivity contribution in [3.8, 4) is 11.8 Å². The molecule has 3 nitrogen and oxygen atoms in total. The number of halogens is 4. The molecule has 0 radical (unpaired) electrons. The van der Waals surface area contributed by atoms with Crippen molar-refractivity contribution in [2.75, 3.05) is 0 Å². The van der Waals surface area contributed by atoms with Crippen molar-refractivity contribution in [3.05, 3.63) is 100 Å². The molecule has 0 N–H and O–H groups in total. The second-order valence-electron chi connectivity index (χ2n) is 6.21. The zero-order valence-electron chi connectivity index (χ0n) is 15.3. The van der Waals surface area contributed by atoms with Crippen LogP contribution in [0.3, 0.4) is 0 Å². The summed E-state index contributed by atoms with van der Waals surface area (Å²) in [6.07, 6.45) is -2.81. The van der Waals surface area contributed by atoms with Crippen LogP contribution in [0.2, 0.25) is 5.02 Å². The first-order chi connectivity index (χ1) is 14.3. The maximum absolute atomic E-state index is 12.6. The van der Waals surface area contributed by atoms with Gasteiger partial charge in [0.1, 0.15) is 5.75 Å². The second kappa shape index (κ2) is 8.85. The van der Waals surface area contributed by atoms with Gasteiger partial charge in [-0.15, -0.1) is 0 Å². The molecule has 7 heteroatoms. The quantitative estimate of drug-likeness (QED) is 0.203. The van der Waals surface area contributed by atoms with Crippen LogP contribution in [0.25, 0.3) is 11.6 Å². The van der Waals surface area contributed by atoms with E-state index in [-0.39, 0.29) is 11.3 Å². The molecule has 0 aliphatic heterocycles. The summed E-state index contributed by atoms with van der Waals surface area (Å²) in [5, 5.41) is 9.91. The molecule has 0 heterocycles. The minimum Gasteiger partial charge on any atom is -0.423 e. The minimum absolute atomic E-state index is 0.000282. The third-order valence-electron chi connectivity index (χ3n) is 4.11. The van der Waals surface area contributed by atoms with Crippen molar-refractivity contribution in [1.29, 1.82) is 5.26 Å². The van der Waals surface area contributed by atoms with E-state index in [1.807, 2.05) is 0 Å². The molecule has 0 saturated heterocycles. The van der Waals surface area contributed by atoms with Gasteiger partial charge in [0, 0.05) is 5.02 Å². The van der Waals surface area contributed by atoms with E-state index in [9.17, 15) is 23.2 Å². The van der Waals surface area contributed by atoms with Gasteiger partial charge in [0.15, 0.2) is 0 Å². The number of allylic oxidation sites excluding steroid dienone is 1. The van der Waals surface area contributed by atoms with Gasteiger partial charge in [-0.3, -0.25) is 0 Å². The number of esters is 1. The van der Waals surface area contributed by atoms with E-state index in [2.05, 4.69) is 6.07 Å². The van der Waals surface area contributed by atoms with Crippen LogP contribution in [0.5, 0.6) is 5.75 Å². The Labute approximate surface area is 175 Å². The van der Waals surface area contributed by atoms with Gasteiger partial charge in [0.2, 0.25) is 0 Å². The lowest BCUT2D eigenvalue weighted by Gasteiger charge is -2.08. The summed E-state index contributed by atoms with van der Waals surface area (Å²) in [7, 11) is 0. The Morgan fingerprint density at radius 3 is 2.20 bits per heavy atom. The van der Waals surface area contributed by atoms with E-state index in [0.29, 0.717) is 21.7 Å². The van der Waals surface area contributed by atoms with Crippen LogP contribution in [-0.2, 0) is 6.18 Å². The Balaban J connectivity index is 1.72. The molecular weight excluding hydrogens is 415 g/mol. The maximum Gasteiger partial charge on any atom is 0.416 e. The third-order valence-corrected chi connectivity index (χ3v) is 4.34. The van der Waals surface area contributed by atoms with Gasteiger partial charge in [-0.25, -0.2) is 4.79 Å². The molecule has 0 amide bonds. The van der Waals surface area contributed by atoms with Crippen LogP contribution < -0.4 is 4.74 Å². The first-order valence-corrected chi connectivity index (χ1v) is 9.01. The summed E-state index contributed by atoms with van der Waals surface area (Å²) in [4.78, 5) is 12.1. The lowest BCUT2D eigenvalue weighted by Crippen LogP contribution is -2.10. The van der Waals surface area contributed by atoms with E-state index >= 15 is 0 Å². The molecule has 3 rings (SSSR count). The van der Waals surface area contributed by atoms with Crippen LogP contribution in [0, 0.1) is 11.3 Å².